The van der Waals surface area contributed by atoms with Crippen LogP contribution in [0.15, 0.2) is 72.8 Å². The minimum Gasteiger partial charge on any atom is -0.508 e. The maximum absolute atomic E-state index is 12.7. The van der Waals surface area contributed by atoms with E-state index in [1.54, 1.807) is 24.3 Å². The molecule has 4 rings (SSSR count). The Morgan fingerprint density at radius 3 is 1.61 bits per heavy atom. The van der Waals surface area contributed by atoms with E-state index in [0.717, 1.165) is 29.7 Å². The zero-order valence-electron chi connectivity index (χ0n) is 31.9. The van der Waals surface area contributed by atoms with Gasteiger partial charge in [-0.3, -0.25) is 25.0 Å². The summed E-state index contributed by atoms with van der Waals surface area (Å²) in [5.74, 6) is -0.159. The molecule has 0 saturated carbocycles. The first-order chi connectivity index (χ1) is 26.4. The number of phenolic OH excluding ortho intramolecular Hbond substituents is 1. The van der Waals surface area contributed by atoms with Gasteiger partial charge in [0.2, 0.25) is 0 Å². The standard InChI is InChI=1S/C20H21Cl2NO5.C13H19NO3.C6H2Cl2FNO2/c1-20(2,3)28-18(24)6-4-5-13-7-9-15(10-8-13)27-19-16(21)11-14(23(25)26)12-17(19)22;1-13(2,3)17-12(16)14-9-8-10-4-6-11(15)7-5-10;7-4-1-3(10(11)12)2-5(8)6(4)9/h7-12H,4-6H2,1-3H3;4-7,15H,8-9H2,1-3H3,(H,14,16);1-2H. The van der Waals surface area contributed by atoms with E-state index in [4.69, 9.17) is 65.7 Å². The maximum atomic E-state index is 12.7. The van der Waals surface area contributed by atoms with Crippen LogP contribution in [0.4, 0.5) is 20.6 Å². The van der Waals surface area contributed by atoms with Crippen molar-refractivity contribution >= 4 is 69.8 Å². The predicted octanol–water partition coefficient (Wildman–Crippen LogP) is 11.9. The monoisotopic (exact) mass is 871 g/mol. The third kappa shape index (κ3) is 18.7. The lowest BCUT2D eigenvalue weighted by Crippen LogP contribution is -2.33. The summed E-state index contributed by atoms with van der Waals surface area (Å²) in [6.45, 7) is 11.5. The lowest BCUT2D eigenvalue weighted by Gasteiger charge is -2.19. The Balaban J connectivity index is 0.000000327. The van der Waals surface area contributed by atoms with Gasteiger partial charge in [-0.2, -0.15) is 0 Å². The second-order valence-corrected chi connectivity index (χ2v) is 15.6. The number of non-ortho nitro benzene ring substituents is 2. The normalized spacial score (nSPS) is 10.9. The summed E-state index contributed by atoms with van der Waals surface area (Å²) >= 11 is 22.7. The van der Waals surface area contributed by atoms with E-state index in [9.17, 15) is 34.2 Å². The third-order valence-electron chi connectivity index (χ3n) is 6.80. The Morgan fingerprint density at radius 2 is 1.16 bits per heavy atom. The number of carbonyl (C=O) groups is 2. The van der Waals surface area contributed by atoms with Crippen LogP contribution in [0.1, 0.15) is 65.5 Å². The molecule has 0 spiro atoms. The highest BCUT2D eigenvalue weighted by atomic mass is 35.5. The van der Waals surface area contributed by atoms with Gasteiger partial charge in [0.25, 0.3) is 11.4 Å². The molecule has 0 heterocycles. The molecule has 0 atom stereocenters. The molecule has 1 amide bonds. The highest BCUT2D eigenvalue weighted by Crippen LogP contribution is 2.39. The van der Waals surface area contributed by atoms with E-state index < -0.39 is 33.0 Å². The van der Waals surface area contributed by atoms with Crippen LogP contribution in [0.5, 0.6) is 17.2 Å². The number of nitrogens with one attached hydrogen (secondary N) is 1. The van der Waals surface area contributed by atoms with Crippen LogP contribution in [0.2, 0.25) is 20.1 Å². The van der Waals surface area contributed by atoms with Crippen molar-refractivity contribution in [1.82, 2.24) is 5.32 Å². The molecule has 0 aromatic heterocycles. The van der Waals surface area contributed by atoms with E-state index >= 15 is 0 Å². The van der Waals surface area contributed by atoms with Crippen LogP contribution < -0.4 is 10.1 Å². The summed E-state index contributed by atoms with van der Waals surface area (Å²) in [5, 5.41) is 32.2. The van der Waals surface area contributed by atoms with Crippen molar-refractivity contribution in [3.05, 3.63) is 130 Å². The molecule has 57 heavy (non-hydrogen) atoms. The number of nitro groups is 2. The second kappa shape index (κ2) is 22.2. The summed E-state index contributed by atoms with van der Waals surface area (Å²) in [7, 11) is 0. The summed E-state index contributed by atoms with van der Waals surface area (Å²) < 4.78 is 28.7. The molecule has 0 saturated heterocycles. The molecule has 4 aromatic carbocycles. The van der Waals surface area contributed by atoms with Gasteiger partial charge in [0.05, 0.1) is 29.9 Å². The Hall–Kier alpha value is -4.89. The molecule has 308 valence electrons. The number of hydrogen-bond donors (Lipinski definition) is 2. The number of halogens is 5. The van der Waals surface area contributed by atoms with Crippen LogP contribution >= 0.6 is 46.4 Å². The van der Waals surface area contributed by atoms with Gasteiger partial charge in [0.1, 0.15) is 22.7 Å². The molecule has 0 aliphatic rings. The largest absolute Gasteiger partial charge is 0.508 e. The summed E-state index contributed by atoms with van der Waals surface area (Å²) in [6, 6.07) is 18.3. The van der Waals surface area contributed by atoms with Gasteiger partial charge < -0.3 is 24.6 Å². The Kier molecular flexibility index (Phi) is 18.8. The quantitative estimate of drug-likeness (QED) is 0.0637. The number of phenols is 1. The van der Waals surface area contributed by atoms with Crippen LogP contribution in [0.3, 0.4) is 0 Å². The van der Waals surface area contributed by atoms with Crippen molar-refractivity contribution < 1.29 is 43.1 Å². The zero-order chi connectivity index (χ0) is 43.1. The van der Waals surface area contributed by atoms with E-state index in [1.807, 2.05) is 65.8 Å². The number of benzene rings is 4. The first-order valence-corrected chi connectivity index (χ1v) is 18.6. The van der Waals surface area contributed by atoms with Crippen LogP contribution in [-0.2, 0) is 27.1 Å². The highest BCUT2D eigenvalue weighted by Gasteiger charge is 2.18. The minimum atomic E-state index is -0.844. The summed E-state index contributed by atoms with van der Waals surface area (Å²) in [6.07, 6.45) is 2.05. The summed E-state index contributed by atoms with van der Waals surface area (Å²) in [4.78, 5) is 42.8. The molecule has 0 unspecified atom stereocenters. The average molecular weight is 874 g/mol. The number of amides is 1. The molecule has 0 bridgehead atoms. The van der Waals surface area contributed by atoms with Crippen molar-refractivity contribution in [3.63, 3.8) is 0 Å². The number of ether oxygens (including phenoxy) is 3. The molecule has 4 aromatic rings. The van der Waals surface area contributed by atoms with E-state index in [1.165, 1.54) is 12.1 Å². The Bertz CT molecular complexity index is 1960. The van der Waals surface area contributed by atoms with Gasteiger partial charge >= 0.3 is 12.1 Å². The van der Waals surface area contributed by atoms with Crippen molar-refractivity contribution in [2.45, 2.75) is 78.4 Å². The van der Waals surface area contributed by atoms with Gasteiger partial charge in [0, 0.05) is 37.2 Å². The number of aromatic hydroxyl groups is 1. The molecule has 13 nitrogen and oxygen atoms in total. The van der Waals surface area contributed by atoms with E-state index in [-0.39, 0.29) is 48.9 Å². The zero-order valence-corrected chi connectivity index (χ0v) is 34.9. The highest BCUT2D eigenvalue weighted by molar-refractivity contribution is 6.37. The van der Waals surface area contributed by atoms with Gasteiger partial charge in [-0.1, -0.05) is 70.7 Å². The topological polar surface area (TPSA) is 180 Å². The Labute approximate surface area is 349 Å². The molecular formula is C39H42Cl4FN3O10. The molecule has 2 N–H and O–H groups in total. The van der Waals surface area contributed by atoms with Crippen molar-refractivity contribution in [2.75, 3.05) is 6.54 Å². The van der Waals surface area contributed by atoms with Gasteiger partial charge in [-0.15, -0.1) is 0 Å². The van der Waals surface area contributed by atoms with Crippen LogP contribution in [0.25, 0.3) is 0 Å². The van der Waals surface area contributed by atoms with Gasteiger partial charge in [0.15, 0.2) is 11.6 Å². The first kappa shape index (κ1) is 48.3. The fraction of sp³-hybridized carbons (Fsp3) is 0.333. The Morgan fingerprint density at radius 1 is 0.719 bits per heavy atom. The molecule has 0 aliphatic carbocycles. The van der Waals surface area contributed by atoms with Crippen molar-refractivity contribution in [2.24, 2.45) is 0 Å². The van der Waals surface area contributed by atoms with E-state index in [0.29, 0.717) is 31.6 Å². The molecule has 0 aliphatic heterocycles. The van der Waals surface area contributed by atoms with Gasteiger partial charge in [-0.25, -0.2) is 9.18 Å². The van der Waals surface area contributed by atoms with Crippen molar-refractivity contribution in [3.8, 4) is 17.2 Å². The smallest absolute Gasteiger partial charge is 0.407 e. The molecule has 0 radical (unpaired) electrons. The first-order valence-electron chi connectivity index (χ1n) is 17.1. The van der Waals surface area contributed by atoms with Crippen molar-refractivity contribution in [1.29, 1.82) is 0 Å². The van der Waals surface area contributed by atoms with Crippen LogP contribution in [0, 0.1) is 26.0 Å². The summed E-state index contributed by atoms with van der Waals surface area (Å²) in [5.41, 5.74) is 0.615. The fourth-order valence-corrected chi connectivity index (χ4v) is 5.38. The third-order valence-corrected chi connectivity index (χ3v) is 7.91. The number of hydrogen-bond acceptors (Lipinski definition) is 10. The number of aryl methyl sites for hydroxylation is 1. The van der Waals surface area contributed by atoms with Gasteiger partial charge in [-0.05, 0) is 96.2 Å². The molecule has 18 heteroatoms. The lowest BCUT2D eigenvalue weighted by atomic mass is 10.1. The average Bonchev–Trinajstić information content (AvgIpc) is 3.09. The number of rotatable bonds is 11. The number of esters is 1. The molecule has 0 fully saturated rings. The lowest BCUT2D eigenvalue weighted by molar-refractivity contribution is -0.385. The van der Waals surface area contributed by atoms with E-state index in [2.05, 4.69) is 5.32 Å². The maximum Gasteiger partial charge on any atom is 0.407 e. The SMILES string of the molecule is CC(C)(C)OC(=O)CCCc1ccc(Oc2c(Cl)cc([N+](=O)[O-])cc2Cl)cc1.CC(C)(C)OC(=O)NCCc1ccc(O)cc1.O=[N+]([O-])c1cc(Cl)c(F)c(Cl)c1. The minimum absolute atomic E-state index is 0.0561. The number of carbonyl (C=O) groups excluding carboxylic acids is 2. The fourth-order valence-electron chi connectivity index (χ4n) is 4.35. The number of nitrogens with zero attached hydrogens (tertiary/aromatic N) is 2. The molecular weight excluding hydrogens is 831 g/mol. The second-order valence-electron chi connectivity index (χ2n) is 14.0. The number of alkyl carbamates (subject to hydrolysis) is 1. The number of nitro benzene ring substituents is 2. The van der Waals surface area contributed by atoms with Crippen LogP contribution in [-0.4, -0.2) is 44.8 Å². The predicted molar refractivity (Wildman–Crippen MR) is 218 cm³/mol.